The third-order valence-electron chi connectivity index (χ3n) is 8.32. The quantitative estimate of drug-likeness (QED) is 0.481. The van der Waals surface area contributed by atoms with Crippen molar-refractivity contribution in [3.05, 3.63) is 35.9 Å². The maximum atomic E-state index is 13.1. The summed E-state index contributed by atoms with van der Waals surface area (Å²) in [6, 6.07) is 9.03. The Morgan fingerprint density at radius 3 is 2.52 bits per heavy atom. The Kier molecular flexibility index (Phi) is 12.4. The lowest BCUT2D eigenvalue weighted by molar-refractivity contribution is -0.0907. The van der Waals surface area contributed by atoms with Crippen molar-refractivity contribution < 1.29 is 33.6 Å². The molecule has 0 radical (unpaired) electrons. The average Bonchev–Trinajstić information content (AvgIpc) is 3.56. The zero-order valence-corrected chi connectivity index (χ0v) is 24.0. The number of aliphatic hydroxyl groups excluding tert-OH is 1. The summed E-state index contributed by atoms with van der Waals surface area (Å²) in [4.78, 5) is 27.7. The van der Waals surface area contributed by atoms with Crippen LogP contribution < -0.4 is 5.32 Å². The van der Waals surface area contributed by atoms with E-state index in [0.29, 0.717) is 32.8 Å². The Hall–Kier alpha value is -2.36. The normalized spacial score (nSPS) is 28.4. The predicted molar refractivity (Wildman–Crippen MR) is 151 cm³/mol. The molecule has 0 spiro atoms. The number of nitrogens with zero attached hydrogens (tertiary/aromatic N) is 1. The number of carbonyl (C=O) groups is 2. The van der Waals surface area contributed by atoms with E-state index in [1.807, 2.05) is 30.3 Å². The molecule has 224 valence electrons. The fourth-order valence-corrected chi connectivity index (χ4v) is 5.97. The molecular weight excluding hydrogens is 512 g/mol. The molecule has 0 aliphatic carbocycles. The largest absolute Gasteiger partial charge is 0.449 e. The monoisotopic (exact) mass is 560 g/mol. The molecule has 4 rings (SSSR count). The Bertz CT molecular complexity index is 901. The molecule has 9 nitrogen and oxygen atoms in total. The molecule has 0 saturated carbocycles. The maximum absolute atomic E-state index is 13.1. The first-order valence-corrected chi connectivity index (χ1v) is 15.3. The van der Waals surface area contributed by atoms with Crippen LogP contribution in [0.1, 0.15) is 76.7 Å². The zero-order chi connectivity index (χ0) is 28.2. The molecule has 6 atom stereocenters. The van der Waals surface area contributed by atoms with Gasteiger partial charge in [-0.15, -0.1) is 0 Å². The van der Waals surface area contributed by atoms with Crippen LogP contribution in [0, 0.1) is 11.8 Å². The summed E-state index contributed by atoms with van der Waals surface area (Å²) < 4.78 is 22.5. The number of aliphatic hydroxyl groups is 1. The summed E-state index contributed by atoms with van der Waals surface area (Å²) in [6.45, 7) is 3.98. The second-order valence-electron chi connectivity index (χ2n) is 11.7. The second-order valence-corrected chi connectivity index (χ2v) is 11.7. The SMILES string of the molecule is C[C@H]1CCCCCCCCCCOC(=O)N(C[C@@H](O)[C@H](Cc2ccccc2)NC(=O)O[C@H]2CO[C@H]3OCC[C@H]32)C1. The lowest BCUT2D eigenvalue weighted by Gasteiger charge is -2.31. The Morgan fingerprint density at radius 2 is 1.75 bits per heavy atom. The minimum atomic E-state index is -1.02. The van der Waals surface area contributed by atoms with E-state index in [2.05, 4.69) is 12.2 Å². The first-order chi connectivity index (χ1) is 19.5. The van der Waals surface area contributed by atoms with Gasteiger partial charge in [-0.25, -0.2) is 9.59 Å². The molecular formula is C31H48N2O7. The average molecular weight is 561 g/mol. The standard InChI is InChI=1S/C31H48N2O7/c1-23-13-9-6-4-2-3-5-7-12-17-38-31(36)33(20-23)21-27(34)26(19-24-14-10-8-11-15-24)32-30(35)40-28-22-39-29-25(28)16-18-37-29/h8,10-11,14-15,23,25-29,34H,2-7,9,12-13,16-22H2,1H3,(H,32,35)/t23-,25-,26-,27+,28-,29+/m0/s1. The highest BCUT2D eigenvalue weighted by Gasteiger charge is 2.44. The Labute approximate surface area is 238 Å². The number of carbonyl (C=O) groups excluding carboxylic acids is 2. The van der Waals surface area contributed by atoms with Gasteiger partial charge >= 0.3 is 12.2 Å². The summed E-state index contributed by atoms with van der Waals surface area (Å²) in [5, 5.41) is 14.3. The van der Waals surface area contributed by atoms with E-state index in [-0.39, 0.29) is 30.8 Å². The van der Waals surface area contributed by atoms with Gasteiger partial charge in [0.1, 0.15) is 6.10 Å². The lowest BCUT2D eigenvalue weighted by atomic mass is 9.99. The second kappa shape index (κ2) is 16.2. The van der Waals surface area contributed by atoms with Gasteiger partial charge in [-0.05, 0) is 37.2 Å². The molecule has 3 aliphatic heterocycles. The number of β-amino-alcohol motifs (C(OH)–C–C–N with tert-alkyl or cyclic N) is 1. The Balaban J connectivity index is 1.40. The molecule has 40 heavy (non-hydrogen) atoms. The molecule has 3 heterocycles. The molecule has 3 aliphatic rings. The molecule has 0 bridgehead atoms. The number of cyclic esters (lactones) is 1. The highest BCUT2D eigenvalue weighted by atomic mass is 16.7. The number of nitrogens with one attached hydrogen (secondary N) is 1. The van der Waals surface area contributed by atoms with Crippen molar-refractivity contribution in [2.24, 2.45) is 11.8 Å². The molecule has 9 heteroatoms. The van der Waals surface area contributed by atoms with E-state index in [0.717, 1.165) is 37.7 Å². The van der Waals surface area contributed by atoms with Crippen LogP contribution in [-0.4, -0.2) is 79.6 Å². The summed E-state index contributed by atoms with van der Waals surface area (Å²) in [6.07, 6.45) is 8.66. The predicted octanol–water partition coefficient (Wildman–Crippen LogP) is 5.05. The smallest absolute Gasteiger partial charge is 0.409 e. The fourth-order valence-electron chi connectivity index (χ4n) is 5.97. The molecule has 0 unspecified atom stereocenters. The maximum Gasteiger partial charge on any atom is 0.409 e. The van der Waals surface area contributed by atoms with Gasteiger partial charge in [0.15, 0.2) is 6.29 Å². The molecule has 0 aromatic heterocycles. The zero-order valence-electron chi connectivity index (χ0n) is 24.0. The number of benzene rings is 1. The van der Waals surface area contributed by atoms with Crippen molar-refractivity contribution in [3.63, 3.8) is 0 Å². The first-order valence-electron chi connectivity index (χ1n) is 15.3. The van der Waals surface area contributed by atoms with E-state index in [4.69, 9.17) is 18.9 Å². The summed E-state index contributed by atoms with van der Waals surface area (Å²) in [5.41, 5.74) is 0.966. The van der Waals surface area contributed by atoms with E-state index >= 15 is 0 Å². The van der Waals surface area contributed by atoms with Gasteiger partial charge in [-0.3, -0.25) is 0 Å². The van der Waals surface area contributed by atoms with Gasteiger partial charge in [-0.2, -0.15) is 0 Å². The van der Waals surface area contributed by atoms with Crippen molar-refractivity contribution in [3.8, 4) is 0 Å². The van der Waals surface area contributed by atoms with Crippen molar-refractivity contribution in [1.82, 2.24) is 10.2 Å². The number of alkyl carbamates (subject to hydrolysis) is 1. The van der Waals surface area contributed by atoms with Gasteiger partial charge in [0.2, 0.25) is 0 Å². The van der Waals surface area contributed by atoms with Gasteiger partial charge in [0.05, 0.1) is 44.4 Å². The molecule has 1 aromatic carbocycles. The minimum absolute atomic E-state index is 0.0274. The van der Waals surface area contributed by atoms with E-state index < -0.39 is 24.3 Å². The minimum Gasteiger partial charge on any atom is -0.449 e. The van der Waals surface area contributed by atoms with Crippen molar-refractivity contribution in [2.75, 3.05) is 32.9 Å². The van der Waals surface area contributed by atoms with Gasteiger partial charge in [0, 0.05) is 6.54 Å². The Morgan fingerprint density at radius 1 is 1.02 bits per heavy atom. The molecule has 3 saturated heterocycles. The number of hydrogen-bond acceptors (Lipinski definition) is 7. The highest BCUT2D eigenvalue weighted by Crippen LogP contribution is 2.33. The molecule has 1 aromatic rings. The first kappa shape index (κ1) is 30.6. The van der Waals surface area contributed by atoms with E-state index in [9.17, 15) is 14.7 Å². The number of hydrogen-bond donors (Lipinski definition) is 2. The van der Waals surface area contributed by atoms with Crippen LogP contribution in [0.15, 0.2) is 30.3 Å². The van der Waals surface area contributed by atoms with E-state index in [1.54, 1.807) is 4.90 Å². The fraction of sp³-hybridized carbons (Fsp3) is 0.742. The van der Waals surface area contributed by atoms with Crippen LogP contribution in [0.3, 0.4) is 0 Å². The van der Waals surface area contributed by atoms with Gasteiger partial charge in [-0.1, -0.05) is 82.2 Å². The van der Waals surface area contributed by atoms with Crippen molar-refractivity contribution in [1.29, 1.82) is 0 Å². The number of rotatable bonds is 7. The van der Waals surface area contributed by atoms with Crippen molar-refractivity contribution in [2.45, 2.75) is 102 Å². The van der Waals surface area contributed by atoms with Crippen LogP contribution in [0.4, 0.5) is 9.59 Å². The number of fused-ring (bicyclic) bond motifs is 1. The highest BCUT2D eigenvalue weighted by molar-refractivity contribution is 5.69. The molecule has 2 amide bonds. The summed E-state index contributed by atoms with van der Waals surface area (Å²) in [5.74, 6) is 0.305. The topological polar surface area (TPSA) is 107 Å². The van der Waals surface area contributed by atoms with Gasteiger partial charge in [0.25, 0.3) is 0 Å². The van der Waals surface area contributed by atoms with Crippen LogP contribution in [-0.2, 0) is 25.4 Å². The third-order valence-corrected chi connectivity index (χ3v) is 8.32. The molecule has 2 N–H and O–H groups in total. The van der Waals surface area contributed by atoms with Gasteiger partial charge < -0.3 is 34.3 Å². The molecule has 3 fully saturated rings. The van der Waals surface area contributed by atoms with Crippen LogP contribution in [0.2, 0.25) is 0 Å². The third kappa shape index (κ3) is 9.63. The van der Waals surface area contributed by atoms with Crippen LogP contribution in [0.25, 0.3) is 0 Å². The van der Waals surface area contributed by atoms with Crippen LogP contribution in [0.5, 0.6) is 0 Å². The summed E-state index contributed by atoms with van der Waals surface area (Å²) >= 11 is 0. The van der Waals surface area contributed by atoms with Crippen LogP contribution >= 0.6 is 0 Å². The lowest BCUT2D eigenvalue weighted by Crippen LogP contribution is -2.52. The summed E-state index contributed by atoms with van der Waals surface area (Å²) in [7, 11) is 0. The number of ether oxygens (including phenoxy) is 4. The van der Waals surface area contributed by atoms with E-state index in [1.165, 1.54) is 32.1 Å². The van der Waals surface area contributed by atoms with Crippen molar-refractivity contribution >= 4 is 12.2 Å². The number of amides is 2.